The summed E-state index contributed by atoms with van der Waals surface area (Å²) in [5.41, 5.74) is 6.46. The second-order valence-corrected chi connectivity index (χ2v) is 3.81. The molecule has 88 valence electrons. The highest BCUT2D eigenvalue weighted by Gasteiger charge is 2.05. The number of rotatable bonds is 4. The molecule has 0 fully saturated rings. The number of carbonyl (C=O) groups excluding carboxylic acids is 1. The average Bonchev–Trinajstić information content (AvgIpc) is 2.18. The Labute approximate surface area is 94.0 Å². The van der Waals surface area contributed by atoms with E-state index in [9.17, 15) is 9.18 Å². The molecular formula is C11H16FN3O. The van der Waals surface area contributed by atoms with E-state index in [2.05, 4.69) is 10.6 Å². The minimum Gasteiger partial charge on any atom is -0.397 e. The van der Waals surface area contributed by atoms with E-state index >= 15 is 0 Å². The van der Waals surface area contributed by atoms with Gasteiger partial charge in [0.2, 0.25) is 5.91 Å². The van der Waals surface area contributed by atoms with Crippen molar-refractivity contribution in [3.63, 3.8) is 0 Å². The molecule has 1 aromatic carbocycles. The highest BCUT2D eigenvalue weighted by atomic mass is 19.1. The van der Waals surface area contributed by atoms with Gasteiger partial charge in [-0.15, -0.1) is 0 Å². The van der Waals surface area contributed by atoms with Gasteiger partial charge in [0.25, 0.3) is 0 Å². The van der Waals surface area contributed by atoms with Crippen LogP contribution in [-0.2, 0) is 4.79 Å². The summed E-state index contributed by atoms with van der Waals surface area (Å²) in [4.78, 5) is 11.3. The largest absolute Gasteiger partial charge is 0.397 e. The van der Waals surface area contributed by atoms with E-state index in [4.69, 9.17) is 5.73 Å². The maximum absolute atomic E-state index is 12.9. The van der Waals surface area contributed by atoms with Gasteiger partial charge in [0, 0.05) is 6.04 Å². The highest BCUT2D eigenvalue weighted by molar-refractivity contribution is 5.82. The third kappa shape index (κ3) is 3.76. The lowest BCUT2D eigenvalue weighted by atomic mass is 10.2. The number of halogens is 1. The van der Waals surface area contributed by atoms with Crippen molar-refractivity contribution < 1.29 is 9.18 Å². The number of hydrogen-bond donors (Lipinski definition) is 3. The van der Waals surface area contributed by atoms with Crippen LogP contribution in [0.15, 0.2) is 18.2 Å². The fourth-order valence-electron chi connectivity index (χ4n) is 1.23. The van der Waals surface area contributed by atoms with E-state index in [0.29, 0.717) is 11.4 Å². The molecule has 0 aliphatic carbocycles. The van der Waals surface area contributed by atoms with E-state index in [-0.39, 0.29) is 24.3 Å². The molecule has 0 spiro atoms. The van der Waals surface area contributed by atoms with Crippen molar-refractivity contribution in [3.8, 4) is 0 Å². The Morgan fingerprint density at radius 1 is 1.50 bits per heavy atom. The highest BCUT2D eigenvalue weighted by Crippen LogP contribution is 2.18. The van der Waals surface area contributed by atoms with E-state index < -0.39 is 0 Å². The number of nitrogen functional groups attached to an aromatic ring is 1. The van der Waals surface area contributed by atoms with Gasteiger partial charge in [-0.25, -0.2) is 4.39 Å². The van der Waals surface area contributed by atoms with Crippen molar-refractivity contribution in [1.29, 1.82) is 0 Å². The number of hydrogen-bond acceptors (Lipinski definition) is 3. The van der Waals surface area contributed by atoms with Crippen LogP contribution in [-0.4, -0.2) is 18.5 Å². The number of nitrogens with one attached hydrogen (secondary N) is 2. The third-order valence-electron chi connectivity index (χ3n) is 1.90. The van der Waals surface area contributed by atoms with Gasteiger partial charge in [0.15, 0.2) is 0 Å². The molecule has 0 aromatic heterocycles. The molecule has 1 rings (SSSR count). The molecule has 0 radical (unpaired) electrons. The Bertz CT molecular complexity index is 379. The molecule has 5 heteroatoms. The molecule has 16 heavy (non-hydrogen) atoms. The van der Waals surface area contributed by atoms with Crippen LogP contribution in [0.25, 0.3) is 0 Å². The molecule has 0 saturated carbocycles. The van der Waals surface area contributed by atoms with E-state index in [1.807, 2.05) is 13.8 Å². The lowest BCUT2D eigenvalue weighted by Gasteiger charge is -2.11. The zero-order valence-electron chi connectivity index (χ0n) is 9.38. The lowest BCUT2D eigenvalue weighted by Crippen LogP contribution is -2.34. The Morgan fingerprint density at radius 3 is 2.81 bits per heavy atom. The maximum Gasteiger partial charge on any atom is 0.239 e. The quantitative estimate of drug-likeness (QED) is 0.677. The van der Waals surface area contributed by atoms with Gasteiger partial charge < -0.3 is 16.4 Å². The molecular weight excluding hydrogens is 209 g/mol. The van der Waals surface area contributed by atoms with Crippen LogP contribution in [0.2, 0.25) is 0 Å². The topological polar surface area (TPSA) is 67.2 Å². The maximum atomic E-state index is 12.9. The molecule has 0 aliphatic rings. The summed E-state index contributed by atoms with van der Waals surface area (Å²) >= 11 is 0. The molecule has 0 saturated heterocycles. The van der Waals surface area contributed by atoms with Crippen LogP contribution in [0.5, 0.6) is 0 Å². The predicted octanol–water partition coefficient (Wildman–Crippen LogP) is 1.34. The summed E-state index contributed by atoms with van der Waals surface area (Å²) in [5, 5.41) is 5.49. The number of anilines is 2. The van der Waals surface area contributed by atoms with E-state index in [1.54, 1.807) is 0 Å². The van der Waals surface area contributed by atoms with Crippen LogP contribution in [0.4, 0.5) is 15.8 Å². The fourth-order valence-corrected chi connectivity index (χ4v) is 1.23. The Kier molecular flexibility index (Phi) is 4.10. The van der Waals surface area contributed by atoms with Gasteiger partial charge >= 0.3 is 0 Å². The Morgan fingerprint density at radius 2 is 2.19 bits per heavy atom. The number of amides is 1. The minimum atomic E-state index is -0.388. The number of benzene rings is 1. The first-order chi connectivity index (χ1) is 7.49. The van der Waals surface area contributed by atoms with Gasteiger partial charge in [-0.3, -0.25) is 4.79 Å². The molecule has 1 aromatic rings. The molecule has 0 aliphatic heterocycles. The first-order valence-corrected chi connectivity index (χ1v) is 5.07. The first-order valence-electron chi connectivity index (χ1n) is 5.07. The standard InChI is InChI=1S/C11H16FN3O/c1-7(2)15-11(16)6-14-10-5-8(12)3-4-9(10)13/h3-5,7,14H,6,13H2,1-2H3,(H,15,16). The molecule has 4 nitrogen and oxygen atoms in total. The summed E-state index contributed by atoms with van der Waals surface area (Å²) in [6.45, 7) is 3.81. The lowest BCUT2D eigenvalue weighted by molar-refractivity contribution is -0.119. The third-order valence-corrected chi connectivity index (χ3v) is 1.90. The van der Waals surface area contributed by atoms with Crippen LogP contribution in [0.3, 0.4) is 0 Å². The van der Waals surface area contributed by atoms with Crippen molar-refractivity contribution in [1.82, 2.24) is 5.32 Å². The number of carbonyl (C=O) groups is 1. The summed E-state index contributed by atoms with van der Waals surface area (Å²) < 4.78 is 12.9. The summed E-state index contributed by atoms with van der Waals surface area (Å²) in [5.74, 6) is -0.542. The zero-order chi connectivity index (χ0) is 12.1. The SMILES string of the molecule is CC(C)NC(=O)CNc1cc(F)ccc1N. The summed E-state index contributed by atoms with van der Waals surface area (Å²) in [6.07, 6.45) is 0. The van der Waals surface area contributed by atoms with Crippen molar-refractivity contribution in [2.45, 2.75) is 19.9 Å². The van der Waals surface area contributed by atoms with E-state index in [1.165, 1.54) is 18.2 Å². The van der Waals surface area contributed by atoms with Crippen molar-refractivity contribution in [2.24, 2.45) is 0 Å². The molecule has 0 unspecified atom stereocenters. The van der Waals surface area contributed by atoms with E-state index in [0.717, 1.165) is 0 Å². The van der Waals surface area contributed by atoms with Gasteiger partial charge in [0.05, 0.1) is 17.9 Å². The van der Waals surface area contributed by atoms with Crippen LogP contribution < -0.4 is 16.4 Å². The first kappa shape index (κ1) is 12.3. The molecule has 4 N–H and O–H groups in total. The summed E-state index contributed by atoms with van der Waals surface area (Å²) in [7, 11) is 0. The second-order valence-electron chi connectivity index (χ2n) is 3.81. The fraction of sp³-hybridized carbons (Fsp3) is 0.364. The molecule has 1 amide bonds. The average molecular weight is 225 g/mol. The smallest absolute Gasteiger partial charge is 0.239 e. The predicted molar refractivity (Wildman–Crippen MR) is 62.6 cm³/mol. The summed E-state index contributed by atoms with van der Waals surface area (Å²) in [6, 6.07) is 4.07. The molecule has 0 heterocycles. The normalized spacial score (nSPS) is 10.2. The monoisotopic (exact) mass is 225 g/mol. The minimum absolute atomic E-state index is 0.0752. The molecule has 0 atom stereocenters. The van der Waals surface area contributed by atoms with Gasteiger partial charge in [-0.1, -0.05) is 0 Å². The van der Waals surface area contributed by atoms with Crippen LogP contribution in [0, 0.1) is 5.82 Å². The van der Waals surface area contributed by atoms with Crippen molar-refractivity contribution in [2.75, 3.05) is 17.6 Å². The van der Waals surface area contributed by atoms with Crippen molar-refractivity contribution >= 4 is 17.3 Å². The zero-order valence-corrected chi connectivity index (χ0v) is 9.38. The van der Waals surface area contributed by atoms with Gasteiger partial charge in [0.1, 0.15) is 5.82 Å². The molecule has 0 bridgehead atoms. The van der Waals surface area contributed by atoms with Crippen molar-refractivity contribution in [3.05, 3.63) is 24.0 Å². The number of nitrogens with two attached hydrogens (primary N) is 1. The van der Waals surface area contributed by atoms with Gasteiger partial charge in [-0.2, -0.15) is 0 Å². The van der Waals surface area contributed by atoms with Gasteiger partial charge in [-0.05, 0) is 32.0 Å². The van der Waals surface area contributed by atoms with Crippen LogP contribution in [0.1, 0.15) is 13.8 Å². The Hall–Kier alpha value is -1.78. The van der Waals surface area contributed by atoms with Crippen LogP contribution >= 0.6 is 0 Å². The Balaban J connectivity index is 2.54. The second kappa shape index (κ2) is 5.34.